The molecule has 200 valence electrons. The molecule has 1 aromatic heterocycles. The Hall–Kier alpha value is -4.28. The predicted molar refractivity (Wildman–Crippen MR) is 157 cm³/mol. The lowest BCUT2D eigenvalue weighted by Crippen LogP contribution is -2.41. The van der Waals surface area contributed by atoms with Crippen LogP contribution < -0.4 is 10.6 Å². The second kappa shape index (κ2) is 11.1. The first kappa shape index (κ1) is 26.0. The van der Waals surface area contributed by atoms with E-state index in [1.165, 1.54) is 18.5 Å². The topological polar surface area (TPSA) is 99.6 Å². The molecule has 0 radical (unpaired) electrons. The molecular weight excluding hydrogens is 551 g/mol. The SMILES string of the molecule is O=C1N=C(N2CCC[C@H]2C(=O)Nc2ccc3ncnc(Nc4cccc(Cl)c4)c3c2)S/C1=C/c1ccccc1F. The predicted octanol–water partition coefficient (Wildman–Crippen LogP) is 6.24. The maximum Gasteiger partial charge on any atom is 0.286 e. The first-order valence-corrected chi connectivity index (χ1v) is 13.8. The Balaban J connectivity index is 1.19. The zero-order valence-corrected chi connectivity index (χ0v) is 22.5. The number of carbonyl (C=O) groups is 2. The number of halogens is 2. The summed E-state index contributed by atoms with van der Waals surface area (Å²) in [6, 6.07) is 18.5. The number of rotatable bonds is 5. The summed E-state index contributed by atoms with van der Waals surface area (Å²) in [6.07, 6.45) is 4.36. The van der Waals surface area contributed by atoms with Crippen LogP contribution in [0.15, 0.2) is 83.0 Å². The summed E-state index contributed by atoms with van der Waals surface area (Å²) in [5.74, 6) is -0.485. The van der Waals surface area contributed by atoms with Gasteiger partial charge < -0.3 is 15.5 Å². The van der Waals surface area contributed by atoms with Crippen LogP contribution in [-0.4, -0.2) is 44.4 Å². The number of thioether (sulfide) groups is 1. The summed E-state index contributed by atoms with van der Waals surface area (Å²) < 4.78 is 14.1. The van der Waals surface area contributed by atoms with Crippen LogP contribution in [0.4, 0.5) is 21.6 Å². The van der Waals surface area contributed by atoms with Crippen LogP contribution in [-0.2, 0) is 9.59 Å². The van der Waals surface area contributed by atoms with Crippen LogP contribution in [0.3, 0.4) is 0 Å². The number of hydrogen-bond acceptors (Lipinski definition) is 7. The number of fused-ring (bicyclic) bond motifs is 1. The molecule has 3 heterocycles. The molecule has 2 aliphatic heterocycles. The third kappa shape index (κ3) is 5.41. The van der Waals surface area contributed by atoms with Crippen molar-refractivity contribution in [2.45, 2.75) is 18.9 Å². The second-order valence-electron chi connectivity index (χ2n) is 9.26. The van der Waals surface area contributed by atoms with Gasteiger partial charge in [0, 0.05) is 33.9 Å². The monoisotopic (exact) mass is 572 g/mol. The average molecular weight is 573 g/mol. The van der Waals surface area contributed by atoms with Crippen LogP contribution in [0.5, 0.6) is 0 Å². The molecule has 0 aliphatic carbocycles. The van der Waals surface area contributed by atoms with E-state index in [0.717, 1.165) is 29.3 Å². The minimum Gasteiger partial charge on any atom is -0.340 e. The highest BCUT2D eigenvalue weighted by atomic mass is 35.5. The van der Waals surface area contributed by atoms with Crippen LogP contribution in [0.1, 0.15) is 18.4 Å². The Kier molecular flexibility index (Phi) is 7.19. The van der Waals surface area contributed by atoms with Gasteiger partial charge in [0.2, 0.25) is 5.91 Å². The Labute approximate surface area is 238 Å². The largest absolute Gasteiger partial charge is 0.340 e. The first-order chi connectivity index (χ1) is 19.4. The van der Waals surface area contributed by atoms with Crippen LogP contribution >= 0.6 is 23.4 Å². The van der Waals surface area contributed by atoms with Gasteiger partial charge in [0.1, 0.15) is 24.0 Å². The van der Waals surface area contributed by atoms with Crippen molar-refractivity contribution < 1.29 is 14.0 Å². The van der Waals surface area contributed by atoms with Gasteiger partial charge in [-0.1, -0.05) is 35.9 Å². The molecule has 2 aliphatic rings. The highest BCUT2D eigenvalue weighted by Crippen LogP contribution is 2.34. The molecule has 3 aromatic carbocycles. The first-order valence-electron chi connectivity index (χ1n) is 12.6. The van der Waals surface area contributed by atoms with Crippen LogP contribution in [0.25, 0.3) is 17.0 Å². The van der Waals surface area contributed by atoms with Crippen molar-refractivity contribution in [2.75, 3.05) is 17.2 Å². The smallest absolute Gasteiger partial charge is 0.286 e. The van der Waals surface area contributed by atoms with E-state index >= 15 is 0 Å². The number of nitrogens with zero attached hydrogens (tertiary/aromatic N) is 4. The summed E-state index contributed by atoms with van der Waals surface area (Å²) >= 11 is 7.28. The number of carbonyl (C=O) groups excluding carboxylic acids is 2. The standard InChI is InChI=1S/C29H22ClFN6O2S/c30-18-6-3-7-19(14-18)34-26-21-15-20(10-11-23(21)32-16-33-26)35-27(38)24-9-4-12-37(24)29-36-28(39)25(40-29)13-17-5-1-2-8-22(17)31/h1-3,5-8,10-11,13-16,24H,4,9,12H2,(H,35,38)(H,32,33,34)/b25-13+/t24-/m0/s1. The van der Waals surface area contributed by atoms with Gasteiger partial charge in [-0.3, -0.25) is 9.59 Å². The zero-order valence-electron chi connectivity index (χ0n) is 21.0. The summed E-state index contributed by atoms with van der Waals surface area (Å²) in [7, 11) is 0. The number of amidine groups is 1. The number of benzene rings is 3. The van der Waals surface area contributed by atoms with Crippen LogP contribution in [0.2, 0.25) is 5.02 Å². The number of nitrogens with one attached hydrogen (secondary N) is 2. The van der Waals surface area contributed by atoms with Crippen molar-refractivity contribution >= 4 is 74.5 Å². The summed E-state index contributed by atoms with van der Waals surface area (Å²) in [4.78, 5) is 41.0. The van der Waals surface area contributed by atoms with Crippen molar-refractivity contribution in [1.29, 1.82) is 0 Å². The molecule has 2 amide bonds. The van der Waals surface area contributed by atoms with Crippen molar-refractivity contribution in [2.24, 2.45) is 4.99 Å². The van der Waals surface area contributed by atoms with Gasteiger partial charge in [0.25, 0.3) is 5.91 Å². The maximum absolute atomic E-state index is 14.1. The molecule has 4 aromatic rings. The maximum atomic E-state index is 14.1. The highest BCUT2D eigenvalue weighted by molar-refractivity contribution is 8.18. The molecule has 1 fully saturated rings. The number of aliphatic imine (C=N–C) groups is 1. The molecule has 0 bridgehead atoms. The fraction of sp³-hybridized carbons (Fsp3) is 0.138. The Morgan fingerprint density at radius 1 is 1.07 bits per heavy atom. The van der Waals surface area contributed by atoms with Crippen molar-refractivity contribution in [3.63, 3.8) is 0 Å². The average Bonchev–Trinajstić information content (AvgIpc) is 3.57. The van der Waals surface area contributed by atoms with E-state index in [0.29, 0.717) is 50.6 Å². The number of hydrogen-bond donors (Lipinski definition) is 2. The van der Waals surface area contributed by atoms with E-state index < -0.39 is 17.8 Å². The summed E-state index contributed by atoms with van der Waals surface area (Å²) in [5, 5.41) is 8.04. The molecule has 1 atom stereocenters. The van der Waals surface area contributed by atoms with Crippen LogP contribution in [0, 0.1) is 5.82 Å². The molecule has 0 spiro atoms. The van der Waals surface area contributed by atoms with Crippen molar-refractivity contribution in [3.8, 4) is 0 Å². The number of likely N-dealkylation sites (tertiary alicyclic amines) is 1. The van der Waals surface area contributed by atoms with E-state index in [1.54, 1.807) is 36.4 Å². The van der Waals surface area contributed by atoms with Gasteiger partial charge in [-0.15, -0.1) is 0 Å². The number of anilines is 3. The van der Waals surface area contributed by atoms with E-state index in [9.17, 15) is 14.0 Å². The Bertz CT molecular complexity index is 1710. The van der Waals surface area contributed by atoms with E-state index in [-0.39, 0.29) is 5.91 Å². The third-order valence-electron chi connectivity index (χ3n) is 6.59. The molecule has 11 heteroatoms. The Morgan fingerprint density at radius 2 is 1.95 bits per heavy atom. The van der Waals surface area contributed by atoms with Gasteiger partial charge in [-0.2, -0.15) is 4.99 Å². The minimum absolute atomic E-state index is 0.208. The number of aromatic nitrogens is 2. The zero-order chi connectivity index (χ0) is 27.6. The molecule has 0 unspecified atom stereocenters. The summed E-state index contributed by atoms with van der Waals surface area (Å²) in [5.41, 5.74) is 2.39. The summed E-state index contributed by atoms with van der Waals surface area (Å²) in [6.45, 7) is 0.587. The van der Waals surface area contributed by atoms with E-state index in [1.807, 2.05) is 29.2 Å². The fourth-order valence-electron chi connectivity index (χ4n) is 4.68. The fourth-order valence-corrected chi connectivity index (χ4v) is 5.86. The molecule has 0 saturated carbocycles. The van der Waals surface area contributed by atoms with Crippen molar-refractivity contribution in [3.05, 3.63) is 94.4 Å². The lowest BCUT2D eigenvalue weighted by atomic mass is 10.1. The molecule has 40 heavy (non-hydrogen) atoms. The minimum atomic E-state index is -0.501. The third-order valence-corrected chi connectivity index (χ3v) is 7.85. The Morgan fingerprint density at radius 3 is 2.80 bits per heavy atom. The molecule has 8 nitrogen and oxygen atoms in total. The quantitative estimate of drug-likeness (QED) is 0.273. The second-order valence-corrected chi connectivity index (χ2v) is 10.7. The van der Waals surface area contributed by atoms with Crippen molar-refractivity contribution in [1.82, 2.24) is 14.9 Å². The normalized spacial score (nSPS) is 17.9. The molecular formula is C29H22ClFN6O2S. The number of amides is 2. The molecule has 2 N–H and O–H groups in total. The van der Waals surface area contributed by atoms with Gasteiger partial charge in [0.15, 0.2) is 5.17 Å². The lowest BCUT2D eigenvalue weighted by molar-refractivity contribution is -0.119. The molecule has 1 saturated heterocycles. The lowest BCUT2D eigenvalue weighted by Gasteiger charge is -2.24. The van der Waals surface area contributed by atoms with Gasteiger partial charge in [0.05, 0.1) is 10.4 Å². The van der Waals surface area contributed by atoms with Gasteiger partial charge >= 0.3 is 0 Å². The van der Waals surface area contributed by atoms with Gasteiger partial charge in [-0.25, -0.2) is 14.4 Å². The van der Waals surface area contributed by atoms with E-state index in [2.05, 4.69) is 25.6 Å². The highest BCUT2D eigenvalue weighted by Gasteiger charge is 2.37. The molecule has 6 rings (SSSR count). The van der Waals surface area contributed by atoms with Gasteiger partial charge in [-0.05, 0) is 73.1 Å². The van der Waals surface area contributed by atoms with E-state index in [4.69, 9.17) is 11.6 Å².